The molecule has 0 spiro atoms. The van der Waals surface area contributed by atoms with Crippen LogP contribution in [0.2, 0.25) is 0 Å². The Morgan fingerprint density at radius 2 is 0.838 bits per heavy atom. The number of nitrogens with zero attached hydrogens (tertiary/aromatic N) is 9. The molecule has 0 aromatic carbocycles. The van der Waals surface area contributed by atoms with Gasteiger partial charge in [0, 0.05) is 65.1 Å². The summed E-state index contributed by atoms with van der Waals surface area (Å²) in [6, 6.07) is 5.84. The van der Waals surface area contributed by atoms with Gasteiger partial charge in [-0.3, -0.25) is 14.7 Å². The first-order valence-corrected chi connectivity index (χ1v) is 48.3. The van der Waals surface area contributed by atoms with E-state index in [4.69, 9.17) is 34.2 Å². The molecule has 694 valence electrons. The van der Waals surface area contributed by atoms with E-state index < -0.39 is 18.0 Å². The largest absolute Gasteiger partial charge is 0.381 e. The Labute approximate surface area is 725 Å². The van der Waals surface area contributed by atoms with Crippen molar-refractivity contribution < 1.29 is 36.9 Å². The molecule has 0 aromatic heterocycles. The maximum Gasteiger partial charge on any atom is 0.133 e. The van der Waals surface area contributed by atoms with Crippen molar-refractivity contribution in [1.82, 2.24) is 34.3 Å². The van der Waals surface area contributed by atoms with Crippen LogP contribution in [0.3, 0.4) is 0 Å². The van der Waals surface area contributed by atoms with Gasteiger partial charge in [0.15, 0.2) is 0 Å². The third-order valence-corrected chi connectivity index (χ3v) is 27.8. The fraction of sp³-hybridized carbons (Fsp3) is 0.980. The Morgan fingerprint density at radius 1 is 0.444 bits per heavy atom. The average molecular weight is 1660 g/mol. The van der Waals surface area contributed by atoms with Crippen LogP contribution in [0.15, 0.2) is 0 Å². The lowest BCUT2D eigenvalue weighted by Gasteiger charge is -2.45. The zero-order valence-electron chi connectivity index (χ0n) is 83.1. The van der Waals surface area contributed by atoms with Crippen LogP contribution >= 0.6 is 0 Å². The number of hydrogen-bond acceptors (Lipinski definition) is 14. The predicted molar refractivity (Wildman–Crippen MR) is 494 cm³/mol. The van der Waals surface area contributed by atoms with Crippen LogP contribution in [0.25, 0.3) is 0 Å². The summed E-state index contributed by atoms with van der Waals surface area (Å²) in [5.41, 5.74) is -0.947. The fourth-order valence-corrected chi connectivity index (χ4v) is 16.2. The molecule has 0 aromatic rings. The highest BCUT2D eigenvalue weighted by Gasteiger charge is 2.46. The fourth-order valence-electron chi connectivity index (χ4n) is 16.2. The molecule has 11 aliphatic heterocycles. The summed E-state index contributed by atoms with van der Waals surface area (Å²) in [5, 5.41) is 17.1. The van der Waals surface area contributed by atoms with Crippen LogP contribution in [0.4, 0.5) is 13.2 Å². The Bertz CT molecular complexity index is 2390. The molecule has 12 rings (SSSR count). The molecule has 0 radical (unpaired) electrons. The molecule has 117 heavy (non-hydrogen) atoms. The first kappa shape index (κ1) is 113. The van der Waals surface area contributed by atoms with Gasteiger partial charge in [0.25, 0.3) is 0 Å². The second-order valence-corrected chi connectivity index (χ2v) is 43.3. The molecular formula is C100H198F3N9O5. The summed E-state index contributed by atoms with van der Waals surface area (Å²) >= 11 is 0. The SMILES string of the molecule is CC(C)C(C)(C)C#N.CC(C)C1(C#N)CC1.CC(C)C1CCN(C)CC1.CC(C)C1CCN(C)CC1F.CC(C)C1CCN(C2COC2)CC1C.CC(C)C1CCN(C2COC2)CC1F.CC(C)C1CCOC1.CC(C)C1CCOCC1.CC(C)C1COC1.CC(C)CCN(C)C.CC(C)CCN1CC(C)(F)C1.CC(C)CCN1CCC1. The molecule has 1 saturated carbocycles. The lowest BCUT2D eigenvalue weighted by atomic mass is 9.79. The van der Waals surface area contributed by atoms with Crippen molar-refractivity contribution in [3.8, 4) is 12.1 Å². The number of rotatable bonds is 20. The lowest BCUT2D eigenvalue weighted by molar-refractivity contribution is -0.0883. The van der Waals surface area contributed by atoms with Crippen LogP contribution in [-0.2, 0) is 23.7 Å². The van der Waals surface area contributed by atoms with E-state index >= 15 is 0 Å². The first-order valence-electron chi connectivity index (χ1n) is 48.3. The van der Waals surface area contributed by atoms with Gasteiger partial charge in [0.1, 0.15) is 18.0 Å². The van der Waals surface area contributed by atoms with Gasteiger partial charge in [-0.15, -0.1) is 0 Å². The lowest BCUT2D eigenvalue weighted by Crippen LogP contribution is -2.57. The van der Waals surface area contributed by atoms with Crippen molar-refractivity contribution in [2.24, 2.45) is 129 Å². The Hall–Kier alpha value is -1.71. The van der Waals surface area contributed by atoms with Gasteiger partial charge in [-0.1, -0.05) is 173 Å². The monoisotopic (exact) mass is 1660 g/mol. The van der Waals surface area contributed by atoms with Gasteiger partial charge >= 0.3 is 0 Å². The smallest absolute Gasteiger partial charge is 0.133 e. The third-order valence-electron chi connectivity index (χ3n) is 27.8. The summed E-state index contributed by atoms with van der Waals surface area (Å²) < 4.78 is 65.9. The summed E-state index contributed by atoms with van der Waals surface area (Å²) in [7, 11) is 8.43. The normalized spacial score (nSPS) is 26.0. The van der Waals surface area contributed by atoms with Crippen LogP contribution < -0.4 is 0 Å². The minimum Gasteiger partial charge on any atom is -0.381 e. The van der Waals surface area contributed by atoms with Crippen LogP contribution in [0.5, 0.6) is 0 Å². The Kier molecular flexibility index (Phi) is 58.9. The highest BCUT2D eigenvalue weighted by molar-refractivity contribution is 5.11. The van der Waals surface area contributed by atoms with E-state index in [0.717, 1.165) is 200 Å². The van der Waals surface area contributed by atoms with Crippen LogP contribution in [0.1, 0.15) is 284 Å². The zero-order valence-corrected chi connectivity index (χ0v) is 83.1. The number of ether oxygens (including phenoxy) is 5. The molecule has 0 N–H and O–H groups in total. The highest BCUT2D eigenvalue weighted by atomic mass is 19.1. The summed E-state index contributed by atoms with van der Waals surface area (Å²) in [6.45, 7) is 87.0. The molecule has 7 unspecified atom stereocenters. The zero-order chi connectivity index (χ0) is 88.9. The molecule has 0 amide bonds. The Balaban J connectivity index is 0.000000642. The van der Waals surface area contributed by atoms with Crippen molar-refractivity contribution in [3.63, 3.8) is 0 Å². The second kappa shape index (κ2) is 60.8. The number of piperidine rings is 4. The van der Waals surface area contributed by atoms with Crippen molar-refractivity contribution in [3.05, 3.63) is 0 Å². The molecule has 12 aliphatic rings. The van der Waals surface area contributed by atoms with Gasteiger partial charge in [-0.05, 0) is 317 Å². The number of hydrogen-bond donors (Lipinski definition) is 0. The van der Waals surface area contributed by atoms with Gasteiger partial charge in [0.05, 0.1) is 74.7 Å². The summed E-state index contributed by atoms with van der Waals surface area (Å²) in [4.78, 5) is 16.3. The topological polar surface area (TPSA) is 116 Å². The predicted octanol–water partition coefficient (Wildman–Crippen LogP) is 22.2. The molecule has 11 heterocycles. The third kappa shape index (κ3) is 49.7. The molecule has 7 atom stereocenters. The van der Waals surface area contributed by atoms with E-state index in [0.29, 0.717) is 61.8 Å². The van der Waals surface area contributed by atoms with Crippen molar-refractivity contribution in [2.45, 2.75) is 314 Å². The van der Waals surface area contributed by atoms with E-state index in [1.807, 2.05) is 20.9 Å². The maximum atomic E-state index is 13.8. The van der Waals surface area contributed by atoms with E-state index in [1.54, 1.807) is 6.92 Å². The number of alkyl halides is 3. The minimum absolute atomic E-state index is 0.0972. The van der Waals surface area contributed by atoms with E-state index in [9.17, 15) is 13.2 Å². The molecule has 11 saturated heterocycles. The number of likely N-dealkylation sites (tertiary alicyclic amines) is 6. The summed E-state index contributed by atoms with van der Waals surface area (Å²) in [5.74, 6) is 14.7. The highest BCUT2D eigenvalue weighted by Crippen LogP contribution is 2.51. The van der Waals surface area contributed by atoms with Gasteiger partial charge in [-0.2, -0.15) is 10.5 Å². The second-order valence-electron chi connectivity index (χ2n) is 43.3. The minimum atomic E-state index is -0.892. The van der Waals surface area contributed by atoms with Crippen molar-refractivity contribution >= 4 is 0 Å². The standard InChI is InChI=1S/C12H23NO.C11H20FNO.2C9H18FN.C9H19N.C8H17N.C8H16O.C7H11N.C7H17N.C7H13N.C7H14O.C6H12O/c1-9(2)12-4-5-13(6-10(12)3)11-7-14-8-11;1-8(2)10-3-4-13(5-11(10)12)9-6-14-7-9;1-8(2)4-5-11-6-9(3,10)7-11;1-7(2)8-4-5-11(3)6-9(8)10;1-8(2)9-4-6-10(3)7-5-9;1-8(2)4-7-9-5-3-6-9;1-7(2)8-3-5-9-6-4-8;1-6(2)7(5-8)3-4-7;1-7(2)5-6-8(3)4;1-6(2)7(3,4)5-8;1-6(2)7-3-4-8-5-7;1-5(2)6-3-7-4-6/h9-12H,4-8H2,1-3H3;8-11H,3-7H2,1-2H3;8H,4-7H2,1-3H3;7-9H,4-6H2,1-3H3;8-9H,4-7H2,1-3H3;8H,3-7H2,1-2H3;7-8H,3-6H2,1-2H3;6H,3-4H2,1-2H3;7H,5-6H2,1-4H3;6H,1-4H3;6-7H,3-5H2,1-2H3;5-6H,3-4H2,1-2H3. The molecular weight excluding hydrogens is 1460 g/mol. The first-order chi connectivity index (χ1) is 54.7. The Morgan fingerprint density at radius 3 is 1.09 bits per heavy atom. The van der Waals surface area contributed by atoms with Gasteiger partial charge in [-0.25, -0.2) is 13.2 Å². The number of nitriles is 2. The van der Waals surface area contributed by atoms with Gasteiger partial charge < -0.3 is 43.3 Å². The quantitative estimate of drug-likeness (QED) is 0.115. The molecule has 12 fully saturated rings. The van der Waals surface area contributed by atoms with E-state index in [1.165, 1.54) is 117 Å². The van der Waals surface area contributed by atoms with Crippen molar-refractivity contribution in [2.75, 3.05) is 192 Å². The molecule has 17 heteroatoms. The van der Waals surface area contributed by atoms with E-state index in [-0.39, 0.29) is 16.7 Å². The average Bonchev–Trinajstić information content (AvgIpc) is 1.68. The molecule has 0 bridgehead atoms. The summed E-state index contributed by atoms with van der Waals surface area (Å²) in [6.07, 6.45) is 16.4. The molecule has 14 nitrogen and oxygen atoms in total. The van der Waals surface area contributed by atoms with Crippen LogP contribution in [-0.4, -0.2) is 257 Å². The molecule has 1 aliphatic carbocycles. The van der Waals surface area contributed by atoms with E-state index in [2.05, 4.69) is 241 Å². The van der Waals surface area contributed by atoms with Gasteiger partial charge in [0.2, 0.25) is 0 Å². The van der Waals surface area contributed by atoms with Crippen molar-refractivity contribution in [1.29, 1.82) is 10.5 Å². The number of halogens is 3. The van der Waals surface area contributed by atoms with Crippen LogP contribution in [0, 0.1) is 152 Å². The maximum absolute atomic E-state index is 13.8.